The van der Waals surface area contributed by atoms with Gasteiger partial charge >= 0.3 is 0 Å². The van der Waals surface area contributed by atoms with Crippen LogP contribution in [-0.2, 0) is 13.6 Å². The predicted octanol–water partition coefficient (Wildman–Crippen LogP) is 3.83. The van der Waals surface area contributed by atoms with E-state index in [4.69, 9.17) is 11.6 Å². The summed E-state index contributed by atoms with van der Waals surface area (Å²) in [7, 11) is 1.83. The van der Waals surface area contributed by atoms with Crippen molar-refractivity contribution in [1.29, 1.82) is 0 Å². The lowest BCUT2D eigenvalue weighted by Crippen LogP contribution is -2.24. The number of carbonyl (C=O) groups is 1. The third kappa shape index (κ3) is 3.66. The van der Waals surface area contributed by atoms with Gasteiger partial charge in [0.1, 0.15) is 5.69 Å². The molecule has 5 nitrogen and oxygen atoms in total. The minimum atomic E-state index is -0.234. The summed E-state index contributed by atoms with van der Waals surface area (Å²) < 4.78 is 2.53. The lowest BCUT2D eigenvalue weighted by atomic mass is 10.2. The van der Waals surface area contributed by atoms with Crippen LogP contribution in [0.4, 0.5) is 0 Å². The zero-order valence-electron chi connectivity index (χ0n) is 12.8. The Kier molecular flexibility index (Phi) is 4.97. The van der Waals surface area contributed by atoms with Crippen LogP contribution in [0.5, 0.6) is 0 Å². The van der Waals surface area contributed by atoms with Gasteiger partial charge in [-0.05, 0) is 36.4 Å². The molecule has 7 heteroatoms. The van der Waals surface area contributed by atoms with Gasteiger partial charge < -0.3 is 5.32 Å². The van der Waals surface area contributed by atoms with E-state index in [1.807, 2.05) is 31.3 Å². The Balaban J connectivity index is 1.74. The highest BCUT2D eigenvalue weighted by Gasteiger charge is 2.13. The zero-order chi connectivity index (χ0) is 17.1. The number of rotatable bonds is 4. The fourth-order valence-electron chi connectivity index (χ4n) is 2.25. The van der Waals surface area contributed by atoms with Crippen molar-refractivity contribution in [2.45, 2.75) is 6.54 Å². The van der Waals surface area contributed by atoms with Gasteiger partial charge in [0.25, 0.3) is 5.91 Å². The van der Waals surface area contributed by atoms with Crippen molar-refractivity contribution in [2.24, 2.45) is 7.05 Å². The average Bonchev–Trinajstić information content (AvgIpc) is 2.96. The summed E-state index contributed by atoms with van der Waals surface area (Å²) in [5.74, 6) is -0.234. The Bertz CT molecular complexity index is 880. The second-order valence-corrected chi connectivity index (χ2v) is 6.49. The van der Waals surface area contributed by atoms with E-state index in [9.17, 15) is 4.79 Å². The molecule has 0 fully saturated rings. The standard InChI is InChI=1S/C17H14BrClN4O/c1-23-12(9-16(22-23)15-4-2-3-7-20-15)10-21-17(24)13-8-11(18)5-6-14(13)19/h2-9H,10H2,1H3,(H,21,24). The molecule has 2 heterocycles. The van der Waals surface area contributed by atoms with Crippen molar-refractivity contribution in [2.75, 3.05) is 0 Å². The van der Waals surface area contributed by atoms with Crippen LogP contribution in [-0.4, -0.2) is 20.7 Å². The van der Waals surface area contributed by atoms with Crippen LogP contribution < -0.4 is 5.32 Å². The molecule has 1 amide bonds. The average molecular weight is 406 g/mol. The molecule has 0 aliphatic heterocycles. The number of aromatic nitrogens is 3. The predicted molar refractivity (Wildman–Crippen MR) is 96.8 cm³/mol. The SMILES string of the molecule is Cn1nc(-c2ccccn2)cc1CNC(=O)c1cc(Br)ccc1Cl. The number of halogens is 2. The molecule has 2 aromatic heterocycles. The van der Waals surface area contributed by atoms with Crippen LogP contribution in [0, 0.1) is 0 Å². The molecule has 24 heavy (non-hydrogen) atoms. The van der Waals surface area contributed by atoms with Gasteiger partial charge in [-0.1, -0.05) is 33.6 Å². The molecule has 0 atom stereocenters. The maximum atomic E-state index is 12.3. The molecule has 0 saturated heterocycles. The fraction of sp³-hybridized carbons (Fsp3) is 0.118. The Morgan fingerprint density at radius 3 is 2.83 bits per heavy atom. The number of nitrogens with zero attached hydrogens (tertiary/aromatic N) is 3. The normalized spacial score (nSPS) is 10.6. The smallest absolute Gasteiger partial charge is 0.253 e. The second kappa shape index (κ2) is 7.15. The summed E-state index contributed by atoms with van der Waals surface area (Å²) in [5, 5.41) is 7.71. The van der Waals surface area contributed by atoms with Gasteiger partial charge in [0.15, 0.2) is 0 Å². The molecule has 0 unspecified atom stereocenters. The van der Waals surface area contributed by atoms with Crippen LogP contribution in [0.15, 0.2) is 53.1 Å². The molecule has 0 bridgehead atoms. The molecule has 3 aromatic rings. The van der Waals surface area contributed by atoms with Gasteiger partial charge in [-0.2, -0.15) is 5.10 Å². The molecule has 122 valence electrons. The second-order valence-electron chi connectivity index (χ2n) is 5.17. The Labute approximate surface area is 152 Å². The van der Waals surface area contributed by atoms with Gasteiger partial charge in [0.2, 0.25) is 0 Å². The van der Waals surface area contributed by atoms with Crippen molar-refractivity contribution < 1.29 is 4.79 Å². The number of benzene rings is 1. The van der Waals surface area contributed by atoms with Crippen LogP contribution in [0.25, 0.3) is 11.4 Å². The largest absolute Gasteiger partial charge is 0.346 e. The first-order valence-corrected chi connectivity index (χ1v) is 8.39. The van der Waals surface area contributed by atoms with E-state index in [2.05, 4.69) is 31.3 Å². The highest BCUT2D eigenvalue weighted by molar-refractivity contribution is 9.10. The zero-order valence-corrected chi connectivity index (χ0v) is 15.2. The van der Waals surface area contributed by atoms with Crippen molar-refractivity contribution in [3.05, 3.63) is 69.4 Å². The molecule has 3 rings (SSSR count). The van der Waals surface area contributed by atoms with Gasteiger partial charge in [-0.3, -0.25) is 14.5 Å². The molecule has 0 aliphatic carbocycles. The number of hydrogen-bond donors (Lipinski definition) is 1. The lowest BCUT2D eigenvalue weighted by Gasteiger charge is -2.07. The molecule has 1 N–H and O–H groups in total. The molecular weight excluding hydrogens is 392 g/mol. The van der Waals surface area contributed by atoms with Crippen molar-refractivity contribution in [3.63, 3.8) is 0 Å². The quantitative estimate of drug-likeness (QED) is 0.717. The van der Waals surface area contributed by atoms with Crippen LogP contribution in [0.3, 0.4) is 0 Å². The van der Waals surface area contributed by atoms with Gasteiger partial charge in [-0.25, -0.2) is 0 Å². The first-order chi connectivity index (χ1) is 11.5. The number of pyridine rings is 1. The van der Waals surface area contributed by atoms with Crippen molar-refractivity contribution >= 4 is 33.4 Å². The molecular formula is C17H14BrClN4O. The van der Waals surface area contributed by atoms with Gasteiger partial charge in [0, 0.05) is 17.7 Å². The van der Waals surface area contributed by atoms with E-state index >= 15 is 0 Å². The minimum absolute atomic E-state index is 0.234. The third-order valence-electron chi connectivity index (χ3n) is 3.51. The molecule has 1 aromatic carbocycles. The number of nitrogens with one attached hydrogen (secondary N) is 1. The summed E-state index contributed by atoms with van der Waals surface area (Å²) >= 11 is 9.42. The summed E-state index contributed by atoms with van der Waals surface area (Å²) in [5.41, 5.74) is 2.86. The summed E-state index contributed by atoms with van der Waals surface area (Å²) in [6, 6.07) is 12.7. The Morgan fingerprint density at radius 1 is 1.25 bits per heavy atom. The van der Waals surface area contributed by atoms with Gasteiger partial charge in [-0.15, -0.1) is 0 Å². The molecule has 0 spiro atoms. The van der Waals surface area contributed by atoms with Gasteiger partial charge in [0.05, 0.1) is 28.5 Å². The van der Waals surface area contributed by atoms with Crippen molar-refractivity contribution in [3.8, 4) is 11.4 Å². The third-order valence-corrected chi connectivity index (χ3v) is 4.33. The maximum absolute atomic E-state index is 12.3. The number of aryl methyl sites for hydroxylation is 1. The molecule has 0 saturated carbocycles. The van der Waals surface area contributed by atoms with E-state index in [1.165, 1.54) is 0 Å². The van der Waals surface area contributed by atoms with E-state index in [0.29, 0.717) is 17.1 Å². The van der Waals surface area contributed by atoms with E-state index in [-0.39, 0.29) is 5.91 Å². The fourth-order valence-corrected chi connectivity index (χ4v) is 2.81. The Hall–Kier alpha value is -2.18. The van der Waals surface area contributed by atoms with Crippen molar-refractivity contribution in [1.82, 2.24) is 20.1 Å². The van der Waals surface area contributed by atoms with E-state index in [0.717, 1.165) is 21.6 Å². The number of amides is 1. The Morgan fingerprint density at radius 2 is 2.08 bits per heavy atom. The highest BCUT2D eigenvalue weighted by atomic mass is 79.9. The topological polar surface area (TPSA) is 59.8 Å². The molecule has 0 aliphatic rings. The summed E-state index contributed by atoms with van der Waals surface area (Å²) in [4.78, 5) is 16.6. The highest BCUT2D eigenvalue weighted by Crippen LogP contribution is 2.21. The maximum Gasteiger partial charge on any atom is 0.253 e. The van der Waals surface area contributed by atoms with E-state index < -0.39 is 0 Å². The number of carbonyl (C=O) groups excluding carboxylic acids is 1. The minimum Gasteiger partial charge on any atom is -0.346 e. The van der Waals surface area contributed by atoms with Crippen LogP contribution in [0.1, 0.15) is 16.1 Å². The summed E-state index contributed by atoms with van der Waals surface area (Å²) in [6.45, 7) is 0.345. The van der Waals surface area contributed by atoms with Crippen LogP contribution >= 0.6 is 27.5 Å². The summed E-state index contributed by atoms with van der Waals surface area (Å²) in [6.07, 6.45) is 1.72. The van der Waals surface area contributed by atoms with Crippen LogP contribution in [0.2, 0.25) is 5.02 Å². The first-order valence-electron chi connectivity index (χ1n) is 7.22. The lowest BCUT2D eigenvalue weighted by molar-refractivity contribution is 0.0950. The number of hydrogen-bond acceptors (Lipinski definition) is 3. The molecule has 0 radical (unpaired) electrons. The van der Waals surface area contributed by atoms with E-state index in [1.54, 1.807) is 29.1 Å². The monoisotopic (exact) mass is 404 g/mol. The first kappa shape index (κ1) is 16.7.